The van der Waals surface area contributed by atoms with Gasteiger partial charge in [-0.15, -0.1) is 11.3 Å². The molecule has 0 bridgehead atoms. The summed E-state index contributed by atoms with van der Waals surface area (Å²) in [4.78, 5) is 32.0. The average Bonchev–Trinajstić information content (AvgIpc) is 3.33. The number of carbonyl (C=O) groups is 1. The minimum Gasteiger partial charge on any atom is -0.422 e. The fourth-order valence-electron chi connectivity index (χ4n) is 3.66. The largest absolute Gasteiger partial charge is 0.422 e. The minimum atomic E-state index is -0.589. The van der Waals surface area contributed by atoms with Crippen molar-refractivity contribution in [2.45, 2.75) is 18.9 Å². The third-order valence-electron chi connectivity index (χ3n) is 4.98. The van der Waals surface area contributed by atoms with Crippen molar-refractivity contribution in [1.29, 1.82) is 0 Å². The molecule has 134 valence electrons. The first kappa shape index (κ1) is 16.2. The molecule has 1 amide bonds. The van der Waals surface area contributed by atoms with Crippen molar-refractivity contribution >= 4 is 38.4 Å². The summed E-state index contributed by atoms with van der Waals surface area (Å²) in [5, 5.41) is 1.67. The minimum absolute atomic E-state index is 0.0849. The molecule has 0 N–H and O–H groups in total. The zero-order valence-corrected chi connectivity index (χ0v) is 15.2. The van der Waals surface area contributed by atoms with E-state index in [1.807, 2.05) is 36.4 Å². The summed E-state index contributed by atoms with van der Waals surface area (Å²) < 4.78 is 6.45. The molecule has 3 heterocycles. The van der Waals surface area contributed by atoms with E-state index < -0.39 is 5.63 Å². The lowest BCUT2D eigenvalue weighted by Gasteiger charge is -2.22. The maximum atomic E-state index is 13.2. The second kappa shape index (κ2) is 6.32. The summed E-state index contributed by atoms with van der Waals surface area (Å²) in [7, 11) is 0. The van der Waals surface area contributed by atoms with Gasteiger partial charge in [0.05, 0.1) is 16.3 Å². The molecule has 1 fully saturated rings. The first-order chi connectivity index (χ1) is 13.2. The highest BCUT2D eigenvalue weighted by atomic mass is 32.1. The lowest BCUT2D eigenvalue weighted by atomic mass is 10.1. The van der Waals surface area contributed by atoms with Crippen LogP contribution in [-0.4, -0.2) is 22.3 Å². The van der Waals surface area contributed by atoms with Crippen LogP contribution in [0.15, 0.2) is 63.8 Å². The summed E-state index contributed by atoms with van der Waals surface area (Å²) >= 11 is 1.61. The number of hydrogen-bond acceptors (Lipinski definition) is 5. The lowest BCUT2D eigenvalue weighted by molar-refractivity contribution is 0.0731. The van der Waals surface area contributed by atoms with Gasteiger partial charge < -0.3 is 9.32 Å². The first-order valence-electron chi connectivity index (χ1n) is 8.90. The number of benzene rings is 2. The highest BCUT2D eigenvalue weighted by Crippen LogP contribution is 2.37. The summed E-state index contributed by atoms with van der Waals surface area (Å²) in [6.45, 7) is 0.617. The van der Waals surface area contributed by atoms with Crippen molar-refractivity contribution in [2.75, 3.05) is 6.54 Å². The van der Waals surface area contributed by atoms with E-state index in [-0.39, 0.29) is 17.5 Å². The van der Waals surface area contributed by atoms with Gasteiger partial charge in [0.2, 0.25) is 0 Å². The number of nitrogens with zero attached hydrogens (tertiary/aromatic N) is 2. The summed E-state index contributed by atoms with van der Waals surface area (Å²) in [5.41, 5.74) is 0.931. The Kier molecular flexibility index (Phi) is 3.79. The molecule has 4 aromatic rings. The molecular weight excluding hydrogens is 360 g/mol. The monoisotopic (exact) mass is 376 g/mol. The SMILES string of the molecule is O=C(c1cc2ccccc2oc1=O)N1CCCC1c1nc2ccccc2s1. The van der Waals surface area contributed by atoms with Crippen LogP contribution in [0.25, 0.3) is 21.2 Å². The molecule has 1 unspecified atom stereocenters. The van der Waals surface area contributed by atoms with Gasteiger partial charge in [0.15, 0.2) is 0 Å². The van der Waals surface area contributed by atoms with E-state index in [4.69, 9.17) is 9.40 Å². The molecule has 1 saturated heterocycles. The lowest BCUT2D eigenvalue weighted by Crippen LogP contribution is -2.33. The van der Waals surface area contributed by atoms with Crippen LogP contribution in [0.4, 0.5) is 0 Å². The number of fused-ring (bicyclic) bond motifs is 2. The van der Waals surface area contributed by atoms with Crippen LogP contribution in [0.5, 0.6) is 0 Å². The fraction of sp³-hybridized carbons (Fsp3) is 0.190. The number of aromatic nitrogens is 1. The highest BCUT2D eigenvalue weighted by Gasteiger charge is 2.34. The second-order valence-corrected chi connectivity index (χ2v) is 7.72. The molecule has 2 aromatic carbocycles. The highest BCUT2D eigenvalue weighted by molar-refractivity contribution is 7.18. The van der Waals surface area contributed by atoms with Gasteiger partial charge in [-0.05, 0) is 37.1 Å². The maximum absolute atomic E-state index is 13.2. The molecule has 5 nitrogen and oxygen atoms in total. The molecule has 6 heteroatoms. The first-order valence-corrected chi connectivity index (χ1v) is 9.72. The van der Waals surface area contributed by atoms with E-state index >= 15 is 0 Å². The number of rotatable bonds is 2. The van der Waals surface area contributed by atoms with Crippen LogP contribution >= 0.6 is 11.3 Å². The third-order valence-corrected chi connectivity index (χ3v) is 6.12. The number of hydrogen-bond donors (Lipinski definition) is 0. The van der Waals surface area contributed by atoms with Gasteiger partial charge in [-0.25, -0.2) is 9.78 Å². The predicted octanol–water partition coefficient (Wildman–Crippen LogP) is 4.38. The van der Waals surface area contributed by atoms with Gasteiger partial charge in [0.1, 0.15) is 16.2 Å². The van der Waals surface area contributed by atoms with Crippen LogP contribution in [-0.2, 0) is 0 Å². The standard InChI is InChI=1S/C21H16N2O3S/c24-20(14-12-13-6-1-3-9-17(13)26-21(14)25)23-11-5-8-16(23)19-22-15-7-2-4-10-18(15)27-19/h1-4,6-7,9-10,12,16H,5,8,11H2. The number of carbonyl (C=O) groups excluding carboxylic acids is 1. The molecule has 1 aliphatic rings. The van der Waals surface area contributed by atoms with E-state index in [1.165, 1.54) is 0 Å². The van der Waals surface area contributed by atoms with E-state index in [0.29, 0.717) is 12.1 Å². The van der Waals surface area contributed by atoms with Crippen LogP contribution in [0.3, 0.4) is 0 Å². The number of thiazole rings is 1. The zero-order chi connectivity index (χ0) is 18.4. The normalized spacial score (nSPS) is 17.0. The van der Waals surface area contributed by atoms with Gasteiger partial charge in [-0.1, -0.05) is 30.3 Å². The Bertz CT molecular complexity index is 1190. The second-order valence-electron chi connectivity index (χ2n) is 6.66. The van der Waals surface area contributed by atoms with Gasteiger partial charge in [-0.3, -0.25) is 4.79 Å². The summed E-state index contributed by atoms with van der Waals surface area (Å²) in [6, 6.07) is 16.7. The van der Waals surface area contributed by atoms with Gasteiger partial charge >= 0.3 is 5.63 Å². The Labute approximate surface area is 158 Å². The van der Waals surface area contributed by atoms with Crippen molar-refractivity contribution in [3.05, 3.63) is 75.6 Å². The molecule has 1 atom stereocenters. The zero-order valence-electron chi connectivity index (χ0n) is 14.4. The summed E-state index contributed by atoms with van der Waals surface area (Å²) in [5.74, 6) is -0.281. The van der Waals surface area contributed by atoms with Crippen molar-refractivity contribution in [3.8, 4) is 0 Å². The Balaban J connectivity index is 1.54. The van der Waals surface area contributed by atoms with Gasteiger partial charge in [0.25, 0.3) is 5.91 Å². The van der Waals surface area contributed by atoms with Crippen LogP contribution in [0, 0.1) is 0 Å². The van der Waals surface area contributed by atoms with Crippen LogP contribution in [0.1, 0.15) is 34.2 Å². The molecule has 0 spiro atoms. The molecule has 0 saturated carbocycles. The molecular formula is C21H16N2O3S. The molecule has 0 aliphatic carbocycles. The molecule has 0 radical (unpaired) electrons. The van der Waals surface area contributed by atoms with Crippen LogP contribution in [0.2, 0.25) is 0 Å². The average molecular weight is 376 g/mol. The van der Waals surface area contributed by atoms with E-state index in [2.05, 4.69) is 0 Å². The number of likely N-dealkylation sites (tertiary alicyclic amines) is 1. The molecule has 5 rings (SSSR count). The number of para-hydroxylation sites is 2. The Morgan fingerprint density at radius 3 is 2.85 bits per heavy atom. The predicted molar refractivity (Wildman–Crippen MR) is 105 cm³/mol. The van der Waals surface area contributed by atoms with E-state index in [0.717, 1.165) is 33.5 Å². The van der Waals surface area contributed by atoms with E-state index in [9.17, 15) is 9.59 Å². The molecule has 2 aromatic heterocycles. The Hall–Kier alpha value is -2.99. The van der Waals surface area contributed by atoms with Crippen molar-refractivity contribution in [1.82, 2.24) is 9.88 Å². The van der Waals surface area contributed by atoms with Gasteiger partial charge in [0, 0.05) is 11.9 Å². The maximum Gasteiger partial charge on any atom is 0.349 e. The van der Waals surface area contributed by atoms with Crippen LogP contribution < -0.4 is 5.63 Å². The van der Waals surface area contributed by atoms with Gasteiger partial charge in [-0.2, -0.15) is 0 Å². The summed E-state index contributed by atoms with van der Waals surface area (Å²) in [6.07, 6.45) is 1.75. The van der Waals surface area contributed by atoms with Crippen molar-refractivity contribution < 1.29 is 9.21 Å². The topological polar surface area (TPSA) is 63.4 Å². The smallest absolute Gasteiger partial charge is 0.349 e. The molecule has 1 aliphatic heterocycles. The Morgan fingerprint density at radius 1 is 1.15 bits per heavy atom. The quantitative estimate of drug-likeness (QED) is 0.487. The molecule has 27 heavy (non-hydrogen) atoms. The third kappa shape index (κ3) is 2.73. The van der Waals surface area contributed by atoms with Crippen molar-refractivity contribution in [2.24, 2.45) is 0 Å². The Morgan fingerprint density at radius 2 is 1.96 bits per heavy atom. The van der Waals surface area contributed by atoms with E-state index in [1.54, 1.807) is 34.4 Å². The van der Waals surface area contributed by atoms with Crippen molar-refractivity contribution in [3.63, 3.8) is 0 Å². The number of amides is 1. The fourth-order valence-corrected chi connectivity index (χ4v) is 4.78.